The van der Waals surface area contributed by atoms with Crippen LogP contribution >= 0.6 is 0 Å². The van der Waals surface area contributed by atoms with Gasteiger partial charge < -0.3 is 13.7 Å². The first-order valence-electron chi connectivity index (χ1n) is 7.39. The topological polar surface area (TPSA) is 90.9 Å². The molecule has 0 bridgehead atoms. The van der Waals surface area contributed by atoms with Gasteiger partial charge in [-0.2, -0.15) is 8.42 Å². The highest BCUT2D eigenvalue weighted by Crippen LogP contribution is 2.37. The Labute approximate surface area is 136 Å². The van der Waals surface area contributed by atoms with Gasteiger partial charge in [0.05, 0.1) is 12.7 Å². The van der Waals surface area contributed by atoms with Crippen LogP contribution in [-0.4, -0.2) is 39.6 Å². The normalized spacial score (nSPS) is 16.3. The van der Waals surface area contributed by atoms with Crippen molar-refractivity contribution in [3.63, 3.8) is 0 Å². The average molecular weight is 343 g/mol. The predicted molar refractivity (Wildman–Crippen MR) is 85.1 cm³/mol. The van der Waals surface area contributed by atoms with Gasteiger partial charge in [-0.15, -0.1) is 0 Å². The van der Waals surface area contributed by atoms with E-state index in [1.165, 1.54) is 19.2 Å². The average Bonchev–Trinajstić information content (AvgIpc) is 2.44. The van der Waals surface area contributed by atoms with E-state index in [4.69, 9.17) is 8.92 Å². The molecule has 1 aliphatic rings. The van der Waals surface area contributed by atoms with E-state index in [9.17, 15) is 13.2 Å². The van der Waals surface area contributed by atoms with Gasteiger partial charge in [0.15, 0.2) is 0 Å². The summed E-state index contributed by atoms with van der Waals surface area (Å²) < 4.78 is 39.7. The fourth-order valence-electron chi connectivity index (χ4n) is 2.50. The number of nitrogens with one attached hydrogen (secondary N) is 1. The monoisotopic (exact) mass is 343 g/mol. The highest BCUT2D eigenvalue weighted by Gasteiger charge is 2.42. The molecule has 1 saturated carbocycles. The fourth-order valence-corrected chi connectivity index (χ4v) is 3.97. The molecule has 2 rings (SSSR count). The van der Waals surface area contributed by atoms with Gasteiger partial charge in [-0.05, 0) is 38.3 Å². The quantitative estimate of drug-likeness (QED) is 0.765. The highest BCUT2D eigenvalue weighted by molar-refractivity contribution is 7.87. The molecule has 1 fully saturated rings. The molecule has 8 heteroatoms. The smallest absolute Gasteiger partial charge is 0.411 e. The molecule has 0 heterocycles. The first kappa shape index (κ1) is 17.6. The zero-order valence-corrected chi connectivity index (χ0v) is 14.0. The third kappa shape index (κ3) is 4.84. The van der Waals surface area contributed by atoms with Crippen LogP contribution in [-0.2, 0) is 19.6 Å². The van der Waals surface area contributed by atoms with Crippen molar-refractivity contribution in [2.45, 2.75) is 31.8 Å². The van der Waals surface area contributed by atoms with Crippen molar-refractivity contribution in [2.75, 3.05) is 24.8 Å². The van der Waals surface area contributed by atoms with Gasteiger partial charge >= 0.3 is 16.2 Å². The minimum Gasteiger partial charge on any atom is -0.453 e. The Kier molecular flexibility index (Phi) is 5.48. The number of hydrogen-bond donors (Lipinski definition) is 1. The van der Waals surface area contributed by atoms with Crippen LogP contribution in [0.25, 0.3) is 0 Å². The van der Waals surface area contributed by atoms with Crippen LogP contribution in [0, 0.1) is 0 Å². The molecule has 23 heavy (non-hydrogen) atoms. The number of benzene rings is 1. The number of hydrogen-bond acceptors (Lipinski definition) is 6. The number of methoxy groups -OCH3 is 1. The van der Waals surface area contributed by atoms with Crippen LogP contribution in [0.2, 0.25) is 0 Å². The Morgan fingerprint density at radius 2 is 2.09 bits per heavy atom. The summed E-state index contributed by atoms with van der Waals surface area (Å²) in [5.41, 5.74) is -0.247. The van der Waals surface area contributed by atoms with Crippen LogP contribution in [0.5, 0.6) is 5.75 Å². The lowest BCUT2D eigenvalue weighted by Crippen LogP contribution is -2.47. The lowest BCUT2D eigenvalue weighted by Gasteiger charge is -2.40. The molecule has 0 atom stereocenters. The van der Waals surface area contributed by atoms with Crippen molar-refractivity contribution in [3.8, 4) is 5.75 Å². The van der Waals surface area contributed by atoms with Crippen LogP contribution < -0.4 is 9.50 Å². The summed E-state index contributed by atoms with van der Waals surface area (Å²) in [6.45, 7) is 2.31. The number of rotatable bonds is 7. The van der Waals surface area contributed by atoms with Crippen molar-refractivity contribution >= 4 is 21.9 Å². The molecule has 7 nitrogen and oxygen atoms in total. The summed E-state index contributed by atoms with van der Waals surface area (Å²) in [6.07, 6.45) is 1.74. The second-order valence-electron chi connectivity index (χ2n) is 5.40. The van der Waals surface area contributed by atoms with Crippen molar-refractivity contribution in [1.29, 1.82) is 0 Å². The number of carbonyl (C=O) groups is 1. The minimum absolute atomic E-state index is 0.130. The Bertz CT molecular complexity index is 654. The van der Waals surface area contributed by atoms with Gasteiger partial charge in [-0.1, -0.05) is 6.07 Å². The summed E-state index contributed by atoms with van der Waals surface area (Å²) in [4.78, 5) is 11.2. The second-order valence-corrected chi connectivity index (χ2v) is 6.97. The molecular formula is C15H21NO6S. The Hall–Kier alpha value is -1.80. The third-order valence-corrected chi connectivity index (χ3v) is 4.97. The molecule has 1 amide bonds. The van der Waals surface area contributed by atoms with E-state index in [1.807, 2.05) is 6.92 Å². The molecule has 1 aromatic rings. The van der Waals surface area contributed by atoms with E-state index < -0.39 is 21.8 Å². The van der Waals surface area contributed by atoms with Gasteiger partial charge in [0.1, 0.15) is 11.5 Å². The van der Waals surface area contributed by atoms with Gasteiger partial charge in [0.25, 0.3) is 0 Å². The summed E-state index contributed by atoms with van der Waals surface area (Å²) in [5, 5.41) is 2.45. The van der Waals surface area contributed by atoms with E-state index in [1.54, 1.807) is 12.1 Å². The van der Waals surface area contributed by atoms with Gasteiger partial charge in [0.2, 0.25) is 0 Å². The molecule has 1 aliphatic carbocycles. The number of carbonyl (C=O) groups excluding carboxylic acids is 1. The van der Waals surface area contributed by atoms with Crippen LogP contribution in [0.3, 0.4) is 0 Å². The summed E-state index contributed by atoms with van der Waals surface area (Å²) in [7, 11) is -2.55. The maximum Gasteiger partial charge on any atom is 0.411 e. The molecule has 0 radical (unpaired) electrons. The van der Waals surface area contributed by atoms with Gasteiger partial charge in [-0.25, -0.2) is 4.79 Å². The lowest BCUT2D eigenvalue weighted by atomic mass is 9.82. The van der Waals surface area contributed by atoms with E-state index >= 15 is 0 Å². The van der Waals surface area contributed by atoms with Crippen LogP contribution in [0.15, 0.2) is 24.3 Å². The number of amides is 1. The van der Waals surface area contributed by atoms with Crippen LogP contribution in [0.1, 0.15) is 26.2 Å². The molecule has 128 valence electrons. The standard InChI is InChI=1S/C15H21NO6S/c1-3-21-15(8-5-9-15)11-23(18,19)22-13-7-4-6-12(10-13)16-14(17)20-2/h4,6-7,10H,3,5,8-9,11H2,1-2H3,(H,16,17). The van der Waals surface area contributed by atoms with Gasteiger partial charge in [-0.3, -0.25) is 5.32 Å². The molecular weight excluding hydrogens is 322 g/mol. The van der Waals surface area contributed by atoms with Crippen molar-refractivity contribution in [1.82, 2.24) is 0 Å². The Morgan fingerprint density at radius 1 is 1.35 bits per heavy atom. The third-order valence-electron chi connectivity index (χ3n) is 3.64. The summed E-state index contributed by atoms with van der Waals surface area (Å²) in [6, 6.07) is 6.11. The summed E-state index contributed by atoms with van der Waals surface area (Å²) in [5.74, 6) is -0.0486. The Morgan fingerprint density at radius 3 is 2.65 bits per heavy atom. The lowest BCUT2D eigenvalue weighted by molar-refractivity contribution is -0.0775. The maximum atomic E-state index is 12.3. The first-order valence-corrected chi connectivity index (χ1v) is 8.97. The van der Waals surface area contributed by atoms with Crippen molar-refractivity contribution in [3.05, 3.63) is 24.3 Å². The molecule has 0 aliphatic heterocycles. The van der Waals surface area contributed by atoms with E-state index in [-0.39, 0.29) is 11.5 Å². The fraction of sp³-hybridized carbons (Fsp3) is 0.533. The van der Waals surface area contributed by atoms with E-state index in [2.05, 4.69) is 10.1 Å². The van der Waals surface area contributed by atoms with Crippen molar-refractivity contribution in [2.24, 2.45) is 0 Å². The molecule has 0 spiro atoms. The largest absolute Gasteiger partial charge is 0.453 e. The molecule has 1 N–H and O–H groups in total. The highest BCUT2D eigenvalue weighted by atomic mass is 32.2. The predicted octanol–water partition coefficient (Wildman–Crippen LogP) is 2.53. The molecule has 0 unspecified atom stereocenters. The first-order chi connectivity index (χ1) is 10.9. The molecule has 1 aromatic carbocycles. The summed E-state index contributed by atoms with van der Waals surface area (Å²) >= 11 is 0. The number of ether oxygens (including phenoxy) is 2. The zero-order chi connectivity index (χ0) is 16.9. The SMILES string of the molecule is CCOC1(CS(=O)(=O)Oc2cccc(NC(=O)OC)c2)CCC1. The van der Waals surface area contributed by atoms with E-state index in [0.29, 0.717) is 25.1 Å². The number of anilines is 1. The van der Waals surface area contributed by atoms with E-state index in [0.717, 1.165) is 6.42 Å². The van der Waals surface area contributed by atoms with Crippen molar-refractivity contribution < 1.29 is 26.9 Å². The maximum absolute atomic E-state index is 12.3. The molecule has 0 saturated heterocycles. The zero-order valence-electron chi connectivity index (χ0n) is 13.2. The minimum atomic E-state index is -3.80. The second kappa shape index (κ2) is 7.18. The molecule has 0 aromatic heterocycles. The van der Waals surface area contributed by atoms with Gasteiger partial charge in [0, 0.05) is 18.4 Å². The Balaban J connectivity index is 2.05. The van der Waals surface area contributed by atoms with Crippen LogP contribution in [0.4, 0.5) is 10.5 Å².